The van der Waals surface area contributed by atoms with Crippen molar-refractivity contribution in [3.8, 4) is 11.5 Å². The molecule has 9 heteroatoms. The van der Waals surface area contributed by atoms with Gasteiger partial charge in [-0.15, -0.1) is 0 Å². The van der Waals surface area contributed by atoms with Crippen LogP contribution >= 0.6 is 0 Å². The Morgan fingerprint density at radius 3 is 2.20 bits per heavy atom. The Bertz CT molecular complexity index is 1190. The van der Waals surface area contributed by atoms with Crippen molar-refractivity contribution in [2.45, 2.75) is 85.9 Å². The Balaban J connectivity index is 2.27. The van der Waals surface area contributed by atoms with Crippen LogP contribution in [0.1, 0.15) is 71.9 Å². The molecular weight excluding hydrogens is 582 g/mol. The molecule has 0 aromatic heterocycles. The number of primary amides is 1. The topological polar surface area (TPSA) is 132 Å². The minimum absolute atomic E-state index is 0.0105. The fourth-order valence-corrected chi connectivity index (χ4v) is 5.42. The summed E-state index contributed by atoms with van der Waals surface area (Å²) in [5, 5.41) is 18.3. The number of amides is 2. The van der Waals surface area contributed by atoms with Gasteiger partial charge < -0.3 is 35.7 Å². The summed E-state index contributed by atoms with van der Waals surface area (Å²) in [6, 6.07) is 15.9. The van der Waals surface area contributed by atoms with Gasteiger partial charge in [-0.3, -0.25) is 9.59 Å². The highest BCUT2D eigenvalue weighted by Crippen LogP contribution is 2.32. The molecule has 0 aliphatic heterocycles. The Kier molecular flexibility index (Phi) is 16.6. The van der Waals surface area contributed by atoms with E-state index in [-0.39, 0.29) is 30.3 Å². The number of ether oxygens (including phenoxy) is 3. The van der Waals surface area contributed by atoms with Crippen LogP contribution in [-0.2, 0) is 27.3 Å². The lowest BCUT2D eigenvalue weighted by atomic mass is 9.80. The maximum atomic E-state index is 13.3. The molecule has 0 aliphatic carbocycles. The van der Waals surface area contributed by atoms with Gasteiger partial charge >= 0.3 is 0 Å². The molecule has 0 saturated carbocycles. The van der Waals surface area contributed by atoms with E-state index in [0.29, 0.717) is 50.0 Å². The minimum atomic E-state index is -0.865. The molecule has 0 fully saturated rings. The molecule has 0 aliphatic rings. The van der Waals surface area contributed by atoms with E-state index in [1.54, 1.807) is 28.1 Å². The van der Waals surface area contributed by atoms with Crippen LogP contribution in [0.4, 0.5) is 0 Å². The van der Waals surface area contributed by atoms with Crippen LogP contribution in [0.3, 0.4) is 0 Å². The van der Waals surface area contributed by atoms with Gasteiger partial charge in [0.1, 0.15) is 0 Å². The number of hydrogen-bond acceptors (Lipinski definition) is 7. The number of hydrogen-bond donors (Lipinski definition) is 4. The van der Waals surface area contributed by atoms with E-state index in [9.17, 15) is 14.7 Å². The van der Waals surface area contributed by atoms with Crippen LogP contribution in [0, 0.1) is 29.1 Å². The summed E-state index contributed by atoms with van der Waals surface area (Å²) in [6.45, 7) is 13.7. The zero-order chi connectivity index (χ0) is 34.3. The van der Waals surface area contributed by atoms with Gasteiger partial charge in [-0.1, -0.05) is 64.1 Å². The second-order valence-electron chi connectivity index (χ2n) is 13.7. The maximum absolute atomic E-state index is 13.3. The van der Waals surface area contributed by atoms with Gasteiger partial charge in [0.15, 0.2) is 11.5 Å². The standard InChI is InChI=1S/C37H59N3O6/c1-25(2)29(19-28-15-16-33(45-8)34(20-28)46-18-12-17-44-7)21-31(39-23-27-13-10-9-11-14-27)32(41)22-30(26(3)4)35(42)40-24-37(5,6)36(38)43/h9-11,13-16,20,25-26,29-32,39,41H,12,17-19,21-24H2,1-8H3,(H2,38,43)(H,40,42)/t29-,30+,31-,32-/m0/s1. The molecule has 5 N–H and O–H groups in total. The van der Waals surface area contributed by atoms with Crippen molar-refractivity contribution in [3.63, 3.8) is 0 Å². The van der Waals surface area contributed by atoms with Crippen LogP contribution in [0.5, 0.6) is 11.5 Å². The van der Waals surface area contributed by atoms with E-state index < -0.39 is 23.3 Å². The summed E-state index contributed by atoms with van der Waals surface area (Å²) in [7, 11) is 3.32. The summed E-state index contributed by atoms with van der Waals surface area (Å²) in [5.74, 6) is 0.879. The zero-order valence-electron chi connectivity index (χ0n) is 29.3. The monoisotopic (exact) mass is 641 g/mol. The van der Waals surface area contributed by atoms with Gasteiger partial charge in [-0.2, -0.15) is 0 Å². The number of nitrogens with one attached hydrogen (secondary N) is 2. The minimum Gasteiger partial charge on any atom is -0.493 e. The molecule has 0 bridgehead atoms. The third-order valence-electron chi connectivity index (χ3n) is 8.86. The van der Waals surface area contributed by atoms with Crippen LogP contribution < -0.4 is 25.8 Å². The fraction of sp³-hybridized carbons (Fsp3) is 0.622. The van der Waals surface area contributed by atoms with Crippen molar-refractivity contribution < 1.29 is 28.9 Å². The Morgan fingerprint density at radius 2 is 1.61 bits per heavy atom. The molecule has 9 nitrogen and oxygen atoms in total. The molecule has 0 radical (unpaired) electrons. The Labute approximate surface area is 277 Å². The number of carbonyl (C=O) groups is 2. The number of benzene rings is 2. The fourth-order valence-electron chi connectivity index (χ4n) is 5.42. The highest BCUT2D eigenvalue weighted by Gasteiger charge is 2.33. The van der Waals surface area contributed by atoms with E-state index >= 15 is 0 Å². The second kappa shape index (κ2) is 19.5. The molecule has 46 heavy (non-hydrogen) atoms. The number of nitrogens with two attached hydrogens (primary N) is 1. The lowest BCUT2D eigenvalue weighted by molar-refractivity contribution is -0.130. The number of methoxy groups -OCH3 is 2. The highest BCUT2D eigenvalue weighted by atomic mass is 16.5. The zero-order valence-corrected chi connectivity index (χ0v) is 29.3. The van der Waals surface area contributed by atoms with Crippen LogP contribution in [0.15, 0.2) is 48.5 Å². The number of rotatable bonds is 22. The van der Waals surface area contributed by atoms with Gasteiger partial charge in [-0.05, 0) is 74.1 Å². The molecule has 0 spiro atoms. The van der Waals surface area contributed by atoms with Gasteiger partial charge in [0.2, 0.25) is 11.8 Å². The van der Waals surface area contributed by atoms with E-state index in [1.165, 1.54) is 0 Å². The van der Waals surface area contributed by atoms with E-state index in [1.807, 2.05) is 38.1 Å². The van der Waals surface area contributed by atoms with Crippen molar-refractivity contribution in [2.24, 2.45) is 34.8 Å². The molecule has 258 valence electrons. The molecular formula is C37H59N3O6. The van der Waals surface area contributed by atoms with Crippen molar-refractivity contribution in [1.29, 1.82) is 0 Å². The number of aliphatic hydroxyl groups is 1. The average molecular weight is 642 g/mol. The molecule has 2 aromatic carbocycles. The van der Waals surface area contributed by atoms with Crippen LogP contribution in [0.25, 0.3) is 0 Å². The summed E-state index contributed by atoms with van der Waals surface area (Å²) in [4.78, 5) is 25.1. The first-order valence-corrected chi connectivity index (χ1v) is 16.6. The molecule has 0 heterocycles. The maximum Gasteiger partial charge on any atom is 0.224 e. The van der Waals surface area contributed by atoms with Gasteiger partial charge in [0.05, 0.1) is 25.2 Å². The van der Waals surface area contributed by atoms with Crippen LogP contribution in [0.2, 0.25) is 0 Å². The van der Waals surface area contributed by atoms with E-state index in [2.05, 4.69) is 48.7 Å². The summed E-state index contributed by atoms with van der Waals surface area (Å²) < 4.78 is 16.7. The normalized spacial score (nSPS) is 14.5. The summed E-state index contributed by atoms with van der Waals surface area (Å²) in [5.41, 5.74) is 6.91. The SMILES string of the molecule is COCCCOc1cc(C[C@@H](C[C@H](NCc2ccccc2)[C@@H](O)C[C@@H](C(=O)NCC(C)(C)C(N)=O)C(C)C)C(C)C)ccc1OC. The summed E-state index contributed by atoms with van der Waals surface area (Å²) >= 11 is 0. The molecule has 4 atom stereocenters. The van der Waals surface area contributed by atoms with E-state index in [0.717, 1.165) is 24.0 Å². The van der Waals surface area contributed by atoms with Gasteiger partial charge in [0.25, 0.3) is 0 Å². The van der Waals surface area contributed by atoms with Gasteiger partial charge in [-0.25, -0.2) is 0 Å². The first-order valence-electron chi connectivity index (χ1n) is 16.6. The highest BCUT2D eigenvalue weighted by molar-refractivity contribution is 5.83. The number of carbonyl (C=O) groups excluding carboxylic acids is 2. The predicted molar refractivity (Wildman–Crippen MR) is 184 cm³/mol. The number of aliphatic hydroxyl groups excluding tert-OH is 1. The van der Waals surface area contributed by atoms with E-state index in [4.69, 9.17) is 19.9 Å². The first-order chi connectivity index (χ1) is 21.8. The Hall–Kier alpha value is -3.14. The summed E-state index contributed by atoms with van der Waals surface area (Å²) in [6.07, 6.45) is 1.80. The lowest BCUT2D eigenvalue weighted by Gasteiger charge is -2.33. The third kappa shape index (κ3) is 12.9. The largest absolute Gasteiger partial charge is 0.493 e. The predicted octanol–water partition coefficient (Wildman–Crippen LogP) is 5.12. The molecule has 0 unspecified atom stereocenters. The lowest BCUT2D eigenvalue weighted by Crippen LogP contribution is -2.47. The molecule has 2 aromatic rings. The van der Waals surface area contributed by atoms with Gasteiger partial charge in [0, 0.05) is 45.2 Å². The van der Waals surface area contributed by atoms with Crippen molar-refractivity contribution in [1.82, 2.24) is 10.6 Å². The Morgan fingerprint density at radius 1 is 0.913 bits per heavy atom. The molecule has 2 amide bonds. The molecule has 0 saturated heterocycles. The third-order valence-corrected chi connectivity index (χ3v) is 8.86. The van der Waals surface area contributed by atoms with Crippen molar-refractivity contribution in [2.75, 3.05) is 34.0 Å². The second-order valence-corrected chi connectivity index (χ2v) is 13.7. The quantitative estimate of drug-likeness (QED) is 0.131. The van der Waals surface area contributed by atoms with Crippen molar-refractivity contribution >= 4 is 11.8 Å². The average Bonchev–Trinajstić information content (AvgIpc) is 3.02. The van der Waals surface area contributed by atoms with Crippen molar-refractivity contribution in [3.05, 3.63) is 59.7 Å². The molecule has 2 rings (SSSR count). The first kappa shape index (κ1) is 39.0. The smallest absolute Gasteiger partial charge is 0.224 e. The van der Waals surface area contributed by atoms with Crippen LogP contribution in [-0.4, -0.2) is 63.0 Å².